The number of carbonyl (C=O) groups is 2. The van der Waals surface area contributed by atoms with E-state index in [4.69, 9.17) is 9.11 Å². The van der Waals surface area contributed by atoms with E-state index in [0.29, 0.717) is 0 Å². The molecule has 0 amide bonds. The molecule has 0 atom stereocenters. The second-order valence-electron chi connectivity index (χ2n) is 8.94. The fraction of sp³-hybridized carbons (Fsp3) is 0.286. The summed E-state index contributed by atoms with van der Waals surface area (Å²) in [5.41, 5.74) is 1.32. The van der Waals surface area contributed by atoms with Gasteiger partial charge in [0.25, 0.3) is 20.2 Å². The first-order valence-corrected chi connectivity index (χ1v) is 15.9. The van der Waals surface area contributed by atoms with E-state index in [9.17, 15) is 36.6 Å². The Morgan fingerprint density at radius 2 is 1.00 bits per heavy atom. The molecule has 0 heterocycles. The number of hydrogen-bond acceptors (Lipinski definition) is 8. The lowest BCUT2D eigenvalue weighted by Crippen LogP contribution is -2.78. The van der Waals surface area contributed by atoms with Crippen LogP contribution in [0.5, 0.6) is 0 Å². The molecule has 12 nitrogen and oxygen atoms in total. The van der Waals surface area contributed by atoms with Gasteiger partial charge in [-0.1, -0.05) is 57.0 Å². The molecule has 3 aromatic carbocycles. The van der Waals surface area contributed by atoms with Gasteiger partial charge in [-0.05, 0) is 54.3 Å². The number of hydrogen-bond donors (Lipinski definition) is 4. The fourth-order valence-corrected chi connectivity index (χ4v) is 4.39. The van der Waals surface area contributed by atoms with Crippen LogP contribution in [0, 0.1) is 0 Å². The minimum atomic E-state index is -4.08. The van der Waals surface area contributed by atoms with E-state index in [-0.39, 0.29) is 20.9 Å². The molecule has 0 unspecified atom stereocenters. The molecule has 3 aromatic rings. The number of carboxylic acids is 2. The van der Waals surface area contributed by atoms with Gasteiger partial charge in [0.15, 0.2) is 0 Å². The van der Waals surface area contributed by atoms with E-state index >= 15 is 0 Å². The normalized spacial score (nSPS) is 11.0. The maximum absolute atomic E-state index is 10.9. The van der Waals surface area contributed by atoms with Crippen LogP contribution in [0.4, 0.5) is 11.4 Å². The molecular formula is C28H36N2O10S2. The highest BCUT2D eigenvalue weighted by Crippen LogP contribution is 2.12. The van der Waals surface area contributed by atoms with Crippen LogP contribution in [-0.2, 0) is 20.2 Å². The summed E-state index contributed by atoms with van der Waals surface area (Å²) in [7, 11) is -8.15. The van der Waals surface area contributed by atoms with E-state index in [0.717, 1.165) is 56.2 Å². The Morgan fingerprint density at radius 1 is 0.643 bits per heavy atom. The summed E-state index contributed by atoms with van der Waals surface area (Å²) in [6.45, 7) is 6.04. The number of carboxylic acid groups (broad SMARTS) is 2. The van der Waals surface area contributed by atoms with E-state index < -0.39 is 32.2 Å². The molecule has 0 aliphatic rings. The van der Waals surface area contributed by atoms with Gasteiger partial charge in [0.1, 0.15) is 11.4 Å². The van der Waals surface area contributed by atoms with Crippen LogP contribution in [0.3, 0.4) is 0 Å². The fourth-order valence-electron chi connectivity index (χ4n) is 3.32. The van der Waals surface area contributed by atoms with Crippen LogP contribution in [0.2, 0.25) is 0 Å². The first-order valence-electron chi connectivity index (χ1n) is 13.0. The zero-order valence-electron chi connectivity index (χ0n) is 23.3. The second-order valence-corrected chi connectivity index (χ2v) is 11.8. The number of benzene rings is 3. The maximum atomic E-state index is 10.9. The average molecular weight is 625 g/mol. The molecular weight excluding hydrogens is 588 g/mol. The predicted octanol–water partition coefficient (Wildman–Crippen LogP) is 0.270. The Morgan fingerprint density at radius 3 is 1.31 bits per heavy atom. The van der Waals surface area contributed by atoms with Crippen LogP contribution in [0.15, 0.2) is 82.6 Å². The molecule has 0 bridgehead atoms. The summed E-state index contributed by atoms with van der Waals surface area (Å²) in [6, 6.07) is 17.4. The molecule has 0 spiro atoms. The van der Waals surface area contributed by atoms with Crippen molar-refractivity contribution in [3.63, 3.8) is 0 Å². The summed E-state index contributed by atoms with van der Waals surface area (Å²) < 4.78 is 61.1. The minimum Gasteiger partial charge on any atom is -0.545 e. The van der Waals surface area contributed by atoms with Crippen LogP contribution in [0.25, 0.3) is 0 Å². The molecule has 3 rings (SSSR count). The first kappa shape index (κ1) is 36.4. The van der Waals surface area contributed by atoms with Gasteiger partial charge in [0.05, 0.1) is 34.8 Å². The van der Waals surface area contributed by atoms with Crippen LogP contribution in [-0.4, -0.2) is 51.0 Å². The van der Waals surface area contributed by atoms with Crippen molar-refractivity contribution in [1.29, 1.82) is 0 Å². The van der Waals surface area contributed by atoms with Crippen LogP contribution >= 0.6 is 0 Å². The van der Waals surface area contributed by atoms with Crippen LogP contribution in [0.1, 0.15) is 60.2 Å². The predicted molar refractivity (Wildman–Crippen MR) is 150 cm³/mol. The Kier molecular flexibility index (Phi) is 15.6. The van der Waals surface area contributed by atoms with Crippen LogP contribution < -0.4 is 20.8 Å². The number of aromatic carboxylic acids is 2. The van der Waals surface area contributed by atoms with Gasteiger partial charge < -0.3 is 30.4 Å². The molecule has 0 fully saturated rings. The molecule has 0 aromatic heterocycles. The molecule has 14 heteroatoms. The van der Waals surface area contributed by atoms with Gasteiger partial charge in [0, 0.05) is 12.1 Å². The number of carbonyl (C=O) groups excluding carboxylic acids is 2. The Hall–Kier alpha value is -3.66. The second kappa shape index (κ2) is 18.0. The quantitative estimate of drug-likeness (QED) is 0.122. The zero-order chi connectivity index (χ0) is 31.8. The third kappa shape index (κ3) is 14.3. The summed E-state index contributed by atoms with van der Waals surface area (Å²) in [6.07, 6.45) is 4.37. The number of quaternary nitrogens is 2. The van der Waals surface area contributed by atoms with Gasteiger partial charge in [-0.25, -0.2) is 0 Å². The smallest absolute Gasteiger partial charge is 0.294 e. The Labute approximate surface area is 245 Å². The minimum absolute atomic E-state index is 0.0484. The largest absolute Gasteiger partial charge is 0.545 e. The highest BCUT2D eigenvalue weighted by atomic mass is 32.2. The average Bonchev–Trinajstić information content (AvgIpc) is 2.93. The molecule has 230 valence electrons. The van der Waals surface area contributed by atoms with E-state index in [2.05, 4.69) is 13.8 Å². The molecule has 0 saturated heterocycles. The number of nitrogens with two attached hydrogens (primary N) is 2. The number of unbranched alkanes of at least 4 members (excludes halogenated alkanes) is 2. The lowest BCUT2D eigenvalue weighted by Gasteiger charge is -2.05. The van der Waals surface area contributed by atoms with Crippen molar-refractivity contribution in [3.8, 4) is 0 Å². The van der Waals surface area contributed by atoms with Crippen molar-refractivity contribution in [2.24, 2.45) is 0 Å². The summed E-state index contributed by atoms with van der Waals surface area (Å²) in [5.74, 6) is -2.81. The topological polar surface area (TPSA) is 222 Å². The van der Waals surface area contributed by atoms with Crippen molar-refractivity contribution < 1.29 is 56.4 Å². The molecule has 6 N–H and O–H groups in total. The number of rotatable bonds is 12. The first-order chi connectivity index (χ1) is 19.7. The van der Waals surface area contributed by atoms with Gasteiger partial charge in [-0.2, -0.15) is 16.8 Å². The molecule has 0 aliphatic heterocycles. The van der Waals surface area contributed by atoms with Crippen molar-refractivity contribution in [1.82, 2.24) is 0 Å². The van der Waals surface area contributed by atoms with Crippen molar-refractivity contribution in [3.05, 3.63) is 83.9 Å². The molecule has 42 heavy (non-hydrogen) atoms. The molecule has 0 aliphatic carbocycles. The third-order valence-corrected chi connectivity index (χ3v) is 7.22. The van der Waals surface area contributed by atoms with Crippen molar-refractivity contribution >= 4 is 43.5 Å². The molecule has 0 radical (unpaired) electrons. The summed E-state index contributed by atoms with van der Waals surface area (Å²) in [4.78, 5) is 20.4. The van der Waals surface area contributed by atoms with Crippen molar-refractivity contribution in [2.75, 3.05) is 13.1 Å². The lowest BCUT2D eigenvalue weighted by atomic mass is 10.1. The highest BCUT2D eigenvalue weighted by Gasteiger charge is 2.11. The Bertz CT molecular complexity index is 1410. The standard InChI is InChI=1S/2C10H15NO3S.C8H6O4/c2*1-2-3-7-11-9-5-4-6-10(8-9)15(12,13)14;9-7(10)5-2-1-3-6(4-5)8(11)12/h2*4-6,8,11H,2-3,7H2,1H3,(H,12,13,14);1-4H,(H,9,10)(H,11,12). The van der Waals surface area contributed by atoms with Gasteiger partial charge in [-0.3, -0.25) is 9.11 Å². The summed E-state index contributed by atoms with van der Waals surface area (Å²) in [5, 5.41) is 24.4. The molecule has 0 saturated carbocycles. The van der Waals surface area contributed by atoms with E-state index in [1.54, 1.807) is 12.1 Å². The Balaban J connectivity index is 0.000000317. The van der Waals surface area contributed by atoms with E-state index in [1.807, 2.05) is 22.8 Å². The van der Waals surface area contributed by atoms with E-state index in [1.165, 1.54) is 42.5 Å². The van der Waals surface area contributed by atoms with Gasteiger partial charge >= 0.3 is 0 Å². The third-order valence-electron chi connectivity index (χ3n) is 5.52. The monoisotopic (exact) mass is 624 g/mol. The van der Waals surface area contributed by atoms with Gasteiger partial charge in [-0.15, -0.1) is 0 Å². The zero-order valence-corrected chi connectivity index (χ0v) is 24.9. The highest BCUT2D eigenvalue weighted by molar-refractivity contribution is 7.86. The summed E-state index contributed by atoms with van der Waals surface area (Å²) >= 11 is 0. The lowest BCUT2D eigenvalue weighted by molar-refractivity contribution is -0.572. The maximum Gasteiger partial charge on any atom is 0.294 e. The SMILES string of the molecule is CCCC[NH2+]c1cccc(S(=O)(=O)O)c1.CCCC[NH2+]c1cccc(S(=O)(=O)O)c1.O=C([O-])c1cccc(C(=O)[O-])c1. The van der Waals surface area contributed by atoms with Crippen molar-refractivity contribution in [2.45, 2.75) is 49.3 Å². The van der Waals surface area contributed by atoms with Gasteiger partial charge in [0.2, 0.25) is 0 Å².